The fraction of sp³-hybridized carbons (Fsp3) is 0.312. The number of alkyl halides is 2. The van der Waals surface area contributed by atoms with E-state index < -0.39 is 35.8 Å². The normalized spacial score (nSPS) is 26.5. The summed E-state index contributed by atoms with van der Waals surface area (Å²) in [6, 6.07) is 9.61. The predicted octanol–water partition coefficient (Wildman–Crippen LogP) is 2.16. The van der Waals surface area contributed by atoms with Gasteiger partial charge in [-0.15, -0.1) is 0 Å². The number of aliphatic hydroxyl groups is 1. The number of rotatable bonds is 5. The third-order valence-corrected chi connectivity index (χ3v) is 5.24. The molecular formula is C16H14FIN6O4. The largest absolute Gasteiger partial charge is 0.387 e. The highest BCUT2D eigenvalue weighted by Gasteiger charge is 2.55. The molecule has 2 heterocycles. The molecule has 3 rings (SSSR count). The van der Waals surface area contributed by atoms with Gasteiger partial charge in [-0.1, -0.05) is 45.9 Å². The van der Waals surface area contributed by atoms with Gasteiger partial charge in [0.15, 0.2) is 18.1 Å². The highest BCUT2D eigenvalue weighted by Crippen LogP contribution is 2.40. The second kappa shape index (κ2) is 8.22. The van der Waals surface area contributed by atoms with Gasteiger partial charge in [-0.2, -0.15) is 4.98 Å². The maximum absolute atomic E-state index is 14.6. The molecule has 4 atom stereocenters. The predicted molar refractivity (Wildman–Crippen MR) is 105 cm³/mol. The topological polar surface area (TPSA) is 142 Å². The SMILES string of the molecule is [N-]=[N+]=N[C@]1(CI)O[C@@H](n2ccc(NC(=O)c3ccccc3)nc2=O)[C@@H](F)[C@@H]1O. The Balaban J connectivity index is 1.84. The van der Waals surface area contributed by atoms with Crippen molar-refractivity contribution in [1.82, 2.24) is 9.55 Å². The number of carbonyl (C=O) groups excluding carboxylic acids is 1. The van der Waals surface area contributed by atoms with Crippen LogP contribution in [0.2, 0.25) is 0 Å². The minimum atomic E-state index is -2.02. The van der Waals surface area contributed by atoms with Gasteiger partial charge in [0.05, 0.1) is 0 Å². The first-order chi connectivity index (χ1) is 13.4. The van der Waals surface area contributed by atoms with Crippen LogP contribution in [0.15, 0.2) is 52.5 Å². The summed E-state index contributed by atoms with van der Waals surface area (Å²) < 4.78 is 20.8. The third-order valence-electron chi connectivity index (χ3n) is 4.15. The lowest BCUT2D eigenvalue weighted by Crippen LogP contribution is -2.41. The van der Waals surface area contributed by atoms with Crippen LogP contribution in [0.4, 0.5) is 10.2 Å². The number of carbonyl (C=O) groups is 1. The molecular weight excluding hydrogens is 486 g/mol. The summed E-state index contributed by atoms with van der Waals surface area (Å²) in [6.45, 7) is 0. The van der Waals surface area contributed by atoms with E-state index in [1.54, 1.807) is 52.9 Å². The van der Waals surface area contributed by atoms with Gasteiger partial charge in [0.2, 0.25) is 0 Å². The van der Waals surface area contributed by atoms with Crippen molar-refractivity contribution in [2.75, 3.05) is 9.74 Å². The Bertz CT molecular complexity index is 983. The molecule has 1 aromatic heterocycles. The third kappa shape index (κ3) is 3.71. The van der Waals surface area contributed by atoms with Crippen LogP contribution in [0.25, 0.3) is 10.4 Å². The molecule has 1 aromatic carbocycles. The highest BCUT2D eigenvalue weighted by molar-refractivity contribution is 14.1. The van der Waals surface area contributed by atoms with Crippen molar-refractivity contribution in [3.63, 3.8) is 0 Å². The van der Waals surface area contributed by atoms with Gasteiger partial charge in [-0.3, -0.25) is 9.36 Å². The zero-order valence-electron chi connectivity index (χ0n) is 14.1. The number of aromatic nitrogens is 2. The molecule has 0 spiro atoms. The lowest BCUT2D eigenvalue weighted by molar-refractivity contribution is -0.0833. The highest BCUT2D eigenvalue weighted by atomic mass is 127. The Morgan fingerprint density at radius 2 is 2.18 bits per heavy atom. The average molecular weight is 500 g/mol. The minimum Gasteiger partial charge on any atom is -0.387 e. The minimum absolute atomic E-state index is 0.0275. The van der Waals surface area contributed by atoms with Gasteiger partial charge in [-0.25, -0.2) is 9.18 Å². The number of amides is 1. The van der Waals surface area contributed by atoms with Crippen LogP contribution in [-0.2, 0) is 4.74 Å². The number of hydrogen-bond donors (Lipinski definition) is 2. The Kier molecular flexibility index (Phi) is 5.93. The van der Waals surface area contributed by atoms with E-state index in [-0.39, 0.29) is 10.2 Å². The quantitative estimate of drug-likeness (QED) is 0.213. The summed E-state index contributed by atoms with van der Waals surface area (Å²) in [5, 5.41) is 15.9. The van der Waals surface area contributed by atoms with Gasteiger partial charge in [0.25, 0.3) is 5.91 Å². The number of halogens is 2. The smallest absolute Gasteiger partial charge is 0.351 e. The Morgan fingerprint density at radius 1 is 1.46 bits per heavy atom. The van der Waals surface area contributed by atoms with Gasteiger partial charge < -0.3 is 15.2 Å². The van der Waals surface area contributed by atoms with Gasteiger partial charge in [-0.05, 0) is 23.7 Å². The van der Waals surface area contributed by atoms with E-state index in [0.29, 0.717) is 5.56 Å². The zero-order valence-corrected chi connectivity index (χ0v) is 16.3. The van der Waals surface area contributed by atoms with Gasteiger partial charge >= 0.3 is 5.69 Å². The van der Waals surface area contributed by atoms with Crippen LogP contribution < -0.4 is 11.0 Å². The van der Waals surface area contributed by atoms with Crippen molar-refractivity contribution in [3.05, 3.63) is 69.1 Å². The number of aliphatic hydroxyl groups excluding tert-OH is 1. The molecule has 0 aliphatic carbocycles. The fourth-order valence-corrected chi connectivity index (χ4v) is 3.49. The molecule has 0 radical (unpaired) electrons. The van der Waals surface area contributed by atoms with Crippen molar-refractivity contribution in [2.24, 2.45) is 5.11 Å². The maximum atomic E-state index is 14.6. The molecule has 146 valence electrons. The molecule has 0 bridgehead atoms. The number of nitrogens with zero attached hydrogens (tertiary/aromatic N) is 5. The van der Waals surface area contributed by atoms with E-state index in [2.05, 4.69) is 20.3 Å². The number of benzene rings is 1. The van der Waals surface area contributed by atoms with Crippen molar-refractivity contribution < 1.29 is 19.0 Å². The molecule has 1 amide bonds. The van der Waals surface area contributed by atoms with Crippen molar-refractivity contribution >= 4 is 34.3 Å². The molecule has 12 heteroatoms. The number of nitrogens with one attached hydrogen (secondary N) is 1. The van der Waals surface area contributed by atoms with Crippen molar-refractivity contribution in [1.29, 1.82) is 0 Å². The number of ether oxygens (including phenoxy) is 1. The number of anilines is 1. The van der Waals surface area contributed by atoms with E-state index in [4.69, 9.17) is 10.3 Å². The average Bonchev–Trinajstić information content (AvgIpc) is 2.94. The van der Waals surface area contributed by atoms with Crippen LogP contribution in [0.3, 0.4) is 0 Å². The van der Waals surface area contributed by atoms with Gasteiger partial charge in [0, 0.05) is 21.1 Å². The Hall–Kier alpha value is -2.54. The van der Waals surface area contributed by atoms with Crippen molar-refractivity contribution in [3.8, 4) is 0 Å². The summed E-state index contributed by atoms with van der Waals surface area (Å²) >= 11 is 1.79. The van der Waals surface area contributed by atoms with E-state index >= 15 is 0 Å². The molecule has 1 saturated heterocycles. The second-order valence-corrected chi connectivity index (χ2v) is 6.65. The fourth-order valence-electron chi connectivity index (χ4n) is 2.71. The Morgan fingerprint density at radius 3 is 2.79 bits per heavy atom. The van der Waals surface area contributed by atoms with E-state index in [1.165, 1.54) is 12.3 Å². The summed E-state index contributed by atoms with van der Waals surface area (Å²) in [5.41, 5.74) is 6.31. The van der Waals surface area contributed by atoms with Crippen LogP contribution in [0.1, 0.15) is 16.6 Å². The Labute approximate surface area is 171 Å². The molecule has 1 aliphatic rings. The lowest BCUT2D eigenvalue weighted by Gasteiger charge is -2.23. The summed E-state index contributed by atoms with van der Waals surface area (Å²) in [5.74, 6) is -0.493. The first-order valence-electron chi connectivity index (χ1n) is 7.99. The first-order valence-corrected chi connectivity index (χ1v) is 9.52. The van der Waals surface area contributed by atoms with Crippen LogP contribution in [-0.4, -0.2) is 43.0 Å². The van der Waals surface area contributed by atoms with E-state index in [1.807, 2.05) is 0 Å². The van der Waals surface area contributed by atoms with Crippen LogP contribution in [0.5, 0.6) is 0 Å². The summed E-state index contributed by atoms with van der Waals surface area (Å²) in [6.07, 6.45) is -4.13. The molecule has 1 fully saturated rings. The lowest BCUT2D eigenvalue weighted by atomic mass is 10.1. The number of azide groups is 1. The van der Waals surface area contributed by atoms with Crippen molar-refractivity contribution in [2.45, 2.75) is 24.2 Å². The van der Waals surface area contributed by atoms with E-state index in [0.717, 1.165) is 4.57 Å². The summed E-state index contributed by atoms with van der Waals surface area (Å²) in [4.78, 5) is 30.7. The molecule has 10 nitrogen and oxygen atoms in total. The van der Waals surface area contributed by atoms with E-state index in [9.17, 15) is 19.1 Å². The van der Waals surface area contributed by atoms with Crippen LogP contribution >= 0.6 is 22.6 Å². The molecule has 2 aromatic rings. The van der Waals surface area contributed by atoms with Gasteiger partial charge in [0.1, 0.15) is 11.9 Å². The van der Waals surface area contributed by atoms with Crippen LogP contribution in [0, 0.1) is 0 Å². The molecule has 1 aliphatic heterocycles. The maximum Gasteiger partial charge on any atom is 0.351 e. The number of hydrogen-bond acceptors (Lipinski definition) is 6. The monoisotopic (exact) mass is 500 g/mol. The molecule has 0 unspecified atom stereocenters. The molecule has 0 saturated carbocycles. The standard InChI is InChI=1S/C16H14FIN6O4/c17-11-12(25)16(8-18,22-23-19)28-14(11)24-7-6-10(21-15(24)27)20-13(26)9-4-2-1-3-5-9/h1-7,11-12,14,25H,8H2,(H,20,21,26,27)/t11-,12-,14+,16+/m0/s1. The second-order valence-electron chi connectivity index (χ2n) is 5.89. The summed E-state index contributed by atoms with van der Waals surface area (Å²) in [7, 11) is 0. The zero-order chi connectivity index (χ0) is 20.3. The first kappa shape index (κ1) is 20.2. The molecule has 28 heavy (non-hydrogen) atoms. The molecule has 2 N–H and O–H groups in total.